The van der Waals surface area contributed by atoms with Crippen LogP contribution in [0.3, 0.4) is 0 Å². The normalized spacial score (nSPS) is 24.0. The topological polar surface area (TPSA) is 40.6 Å². The average Bonchev–Trinajstić information content (AvgIpc) is 2.93. The molecule has 4 nitrogen and oxygen atoms in total. The van der Waals surface area contributed by atoms with Gasteiger partial charge in [0.05, 0.1) is 5.75 Å². The van der Waals surface area contributed by atoms with Crippen molar-refractivity contribution in [2.24, 2.45) is 5.92 Å². The lowest BCUT2D eigenvalue weighted by molar-refractivity contribution is 0.0435. The highest BCUT2D eigenvalue weighted by molar-refractivity contribution is 7.88. The van der Waals surface area contributed by atoms with Crippen LogP contribution in [0.25, 0.3) is 0 Å². The zero-order valence-electron chi connectivity index (χ0n) is 13.9. The highest BCUT2D eigenvalue weighted by Crippen LogP contribution is 2.36. The fraction of sp³-hybridized carbons (Fsp3) is 0.368. The minimum atomic E-state index is -3.26. The Morgan fingerprint density at radius 1 is 0.960 bits per heavy atom. The van der Waals surface area contributed by atoms with Crippen LogP contribution in [-0.2, 0) is 22.3 Å². The smallest absolute Gasteiger partial charge is 0.218 e. The maximum absolute atomic E-state index is 12.7. The molecule has 0 radical (unpaired) electrons. The van der Waals surface area contributed by atoms with Gasteiger partial charge >= 0.3 is 0 Å². The quantitative estimate of drug-likeness (QED) is 0.805. The number of nitrogens with zero attached hydrogens (tertiary/aromatic N) is 2. The maximum Gasteiger partial charge on any atom is 0.218 e. The summed E-state index contributed by atoms with van der Waals surface area (Å²) < 4.78 is 27.1. The lowest BCUT2D eigenvalue weighted by Crippen LogP contribution is -2.54. The standard InChI is InChI=1S/C19H21ClN2O2S/c20-18-9-5-4-8-16(18)10-21-11-17-12-22(13-19(17)21)25(23,24)14-15-6-2-1-3-7-15/h1-9,17,19H,10-14H2/t17-,19+/m1/s1. The number of sulfonamides is 1. The molecule has 25 heavy (non-hydrogen) atoms. The SMILES string of the molecule is O=S(=O)(Cc1ccccc1)N1C[C@H]2CN(Cc3ccccc3Cl)[C@H]2C1. The van der Waals surface area contributed by atoms with Crippen LogP contribution in [0.2, 0.25) is 5.02 Å². The van der Waals surface area contributed by atoms with Crippen LogP contribution in [0.4, 0.5) is 0 Å². The lowest BCUT2D eigenvalue weighted by atomic mass is 9.91. The fourth-order valence-corrected chi connectivity index (χ4v) is 5.63. The van der Waals surface area contributed by atoms with Gasteiger partial charge in [0.15, 0.2) is 0 Å². The van der Waals surface area contributed by atoms with E-state index >= 15 is 0 Å². The number of benzene rings is 2. The van der Waals surface area contributed by atoms with E-state index in [9.17, 15) is 8.42 Å². The molecule has 2 saturated heterocycles. The first-order valence-electron chi connectivity index (χ1n) is 8.52. The van der Waals surface area contributed by atoms with Crippen LogP contribution in [0.15, 0.2) is 54.6 Å². The van der Waals surface area contributed by atoms with Crippen LogP contribution in [-0.4, -0.2) is 43.3 Å². The van der Waals surface area contributed by atoms with E-state index in [0.29, 0.717) is 25.0 Å². The summed E-state index contributed by atoms with van der Waals surface area (Å²) in [4.78, 5) is 2.34. The third kappa shape index (κ3) is 3.47. The van der Waals surface area contributed by atoms with Gasteiger partial charge in [0.2, 0.25) is 10.0 Å². The third-order valence-electron chi connectivity index (χ3n) is 5.23. The summed E-state index contributed by atoms with van der Waals surface area (Å²) in [5.41, 5.74) is 1.95. The molecule has 0 saturated carbocycles. The summed E-state index contributed by atoms with van der Waals surface area (Å²) in [7, 11) is -3.26. The second kappa shape index (κ2) is 6.72. The molecule has 0 unspecified atom stereocenters. The fourth-order valence-electron chi connectivity index (χ4n) is 3.84. The van der Waals surface area contributed by atoms with Gasteiger partial charge in [-0.3, -0.25) is 4.90 Å². The van der Waals surface area contributed by atoms with E-state index in [4.69, 9.17) is 11.6 Å². The molecule has 2 aromatic rings. The number of halogens is 1. The molecule has 0 spiro atoms. The predicted molar refractivity (Wildman–Crippen MR) is 99.8 cm³/mol. The molecule has 132 valence electrons. The molecule has 2 fully saturated rings. The van der Waals surface area contributed by atoms with Gasteiger partial charge in [-0.05, 0) is 17.2 Å². The Kier molecular flexibility index (Phi) is 4.58. The average molecular weight is 377 g/mol. The number of rotatable bonds is 5. The Hall–Kier alpha value is -1.40. The molecule has 0 aromatic heterocycles. The lowest BCUT2D eigenvalue weighted by Gasteiger charge is -2.43. The number of hydrogen-bond acceptors (Lipinski definition) is 3. The summed E-state index contributed by atoms with van der Waals surface area (Å²) in [6.45, 7) is 2.95. The number of hydrogen-bond donors (Lipinski definition) is 0. The molecule has 0 N–H and O–H groups in total. The Labute approximate surface area is 154 Å². The van der Waals surface area contributed by atoms with Crippen molar-refractivity contribution in [1.29, 1.82) is 0 Å². The summed E-state index contributed by atoms with van der Waals surface area (Å²) in [5.74, 6) is 0.519. The van der Waals surface area contributed by atoms with Crippen LogP contribution in [0, 0.1) is 5.92 Å². The van der Waals surface area contributed by atoms with Crippen molar-refractivity contribution in [1.82, 2.24) is 9.21 Å². The maximum atomic E-state index is 12.7. The van der Waals surface area contributed by atoms with Crippen molar-refractivity contribution >= 4 is 21.6 Å². The second-order valence-electron chi connectivity index (χ2n) is 6.91. The van der Waals surface area contributed by atoms with E-state index < -0.39 is 10.0 Å². The molecule has 2 atom stereocenters. The molecule has 0 bridgehead atoms. The van der Waals surface area contributed by atoms with Gasteiger partial charge in [-0.2, -0.15) is 4.31 Å². The highest BCUT2D eigenvalue weighted by Gasteiger charge is 2.48. The summed E-state index contributed by atoms with van der Waals surface area (Å²) in [5, 5.41) is 0.775. The Bertz CT molecular complexity index is 857. The number of likely N-dealkylation sites (tertiary alicyclic amines) is 1. The van der Waals surface area contributed by atoms with Gasteiger partial charge in [-0.1, -0.05) is 60.1 Å². The second-order valence-corrected chi connectivity index (χ2v) is 9.28. The molecular formula is C19H21ClN2O2S. The summed E-state index contributed by atoms with van der Waals surface area (Å²) in [6.07, 6.45) is 0. The predicted octanol–water partition coefficient (Wildman–Crippen LogP) is 2.99. The first-order valence-corrected chi connectivity index (χ1v) is 10.5. The zero-order valence-corrected chi connectivity index (χ0v) is 15.5. The van der Waals surface area contributed by atoms with Crippen LogP contribution < -0.4 is 0 Å². The van der Waals surface area contributed by atoms with Crippen molar-refractivity contribution in [2.75, 3.05) is 19.6 Å². The summed E-state index contributed by atoms with van der Waals surface area (Å²) >= 11 is 6.25. The molecule has 2 aliphatic rings. The van der Waals surface area contributed by atoms with Crippen molar-refractivity contribution in [2.45, 2.75) is 18.3 Å². The molecule has 2 heterocycles. The molecule has 2 aromatic carbocycles. The van der Waals surface area contributed by atoms with E-state index in [0.717, 1.165) is 29.2 Å². The van der Waals surface area contributed by atoms with E-state index in [1.165, 1.54) is 0 Å². The highest BCUT2D eigenvalue weighted by atomic mass is 35.5. The van der Waals surface area contributed by atoms with Crippen LogP contribution in [0.5, 0.6) is 0 Å². The molecule has 2 aliphatic heterocycles. The van der Waals surface area contributed by atoms with Gasteiger partial charge in [0, 0.05) is 43.2 Å². The summed E-state index contributed by atoms with van der Waals surface area (Å²) in [6, 6.07) is 17.6. The van der Waals surface area contributed by atoms with Gasteiger partial charge in [0.1, 0.15) is 0 Å². The van der Waals surface area contributed by atoms with Crippen molar-refractivity contribution in [3.63, 3.8) is 0 Å². The molecule has 4 rings (SSSR count). The van der Waals surface area contributed by atoms with Gasteiger partial charge in [-0.25, -0.2) is 8.42 Å². The van der Waals surface area contributed by atoms with Gasteiger partial charge in [0.25, 0.3) is 0 Å². The van der Waals surface area contributed by atoms with E-state index in [1.807, 2.05) is 54.6 Å². The largest absolute Gasteiger partial charge is 0.294 e. The molecule has 0 amide bonds. The zero-order chi connectivity index (χ0) is 17.4. The van der Waals surface area contributed by atoms with Gasteiger partial charge in [-0.15, -0.1) is 0 Å². The molecule has 6 heteroatoms. The molecular weight excluding hydrogens is 356 g/mol. The van der Waals surface area contributed by atoms with E-state index in [-0.39, 0.29) is 5.75 Å². The minimum absolute atomic E-state index is 0.0811. The van der Waals surface area contributed by atoms with Crippen LogP contribution in [0.1, 0.15) is 11.1 Å². The first-order chi connectivity index (χ1) is 12.0. The van der Waals surface area contributed by atoms with Crippen molar-refractivity contribution < 1.29 is 8.42 Å². The Morgan fingerprint density at radius 3 is 2.44 bits per heavy atom. The Morgan fingerprint density at radius 2 is 1.68 bits per heavy atom. The third-order valence-corrected chi connectivity index (χ3v) is 7.38. The minimum Gasteiger partial charge on any atom is -0.294 e. The van der Waals surface area contributed by atoms with Crippen molar-refractivity contribution in [3.05, 3.63) is 70.7 Å². The first kappa shape index (κ1) is 17.0. The van der Waals surface area contributed by atoms with Gasteiger partial charge < -0.3 is 0 Å². The van der Waals surface area contributed by atoms with E-state index in [1.54, 1.807) is 4.31 Å². The van der Waals surface area contributed by atoms with E-state index in [2.05, 4.69) is 4.90 Å². The molecule has 0 aliphatic carbocycles. The monoisotopic (exact) mass is 376 g/mol. The Balaban J connectivity index is 1.41. The van der Waals surface area contributed by atoms with Crippen molar-refractivity contribution in [3.8, 4) is 0 Å². The number of fused-ring (bicyclic) bond motifs is 1. The van der Waals surface area contributed by atoms with Crippen LogP contribution >= 0.6 is 11.6 Å².